The van der Waals surface area contributed by atoms with Crippen LogP contribution in [0.4, 0.5) is 5.82 Å². The van der Waals surface area contributed by atoms with E-state index in [0.29, 0.717) is 0 Å². The lowest BCUT2D eigenvalue weighted by Gasteiger charge is -2.09. The molecule has 0 saturated carbocycles. The Morgan fingerprint density at radius 1 is 1.05 bits per heavy atom. The molecule has 2 aromatic carbocycles. The van der Waals surface area contributed by atoms with Crippen LogP contribution in [0.15, 0.2) is 48.5 Å². The molecule has 2 heterocycles. The van der Waals surface area contributed by atoms with Gasteiger partial charge in [-0.2, -0.15) is 5.10 Å². The van der Waals surface area contributed by atoms with E-state index in [1.807, 2.05) is 0 Å². The van der Waals surface area contributed by atoms with Gasteiger partial charge in [-0.25, -0.2) is 4.68 Å². The van der Waals surface area contributed by atoms with Gasteiger partial charge in [0.05, 0.1) is 11.4 Å². The number of fused-ring (bicyclic) bond motifs is 1. The summed E-state index contributed by atoms with van der Waals surface area (Å²) >= 11 is 0. The summed E-state index contributed by atoms with van der Waals surface area (Å²) in [7, 11) is 0. The van der Waals surface area contributed by atoms with Crippen LogP contribution in [-0.4, -0.2) is 16.3 Å². The van der Waals surface area contributed by atoms with Crippen LogP contribution < -0.4 is 5.32 Å². The summed E-state index contributed by atoms with van der Waals surface area (Å²) in [6, 6.07) is 17.0. The summed E-state index contributed by atoms with van der Waals surface area (Å²) in [6.07, 6.45) is 1.03. The van der Waals surface area contributed by atoms with Gasteiger partial charge in [-0.05, 0) is 38.0 Å². The van der Waals surface area contributed by atoms with Gasteiger partial charge in [0, 0.05) is 17.7 Å². The van der Waals surface area contributed by atoms with Crippen molar-refractivity contribution in [3.63, 3.8) is 0 Å². The van der Waals surface area contributed by atoms with E-state index in [0.717, 1.165) is 30.2 Å². The molecule has 1 aliphatic heterocycles. The lowest BCUT2D eigenvalue weighted by atomic mass is 10.0. The van der Waals surface area contributed by atoms with Crippen molar-refractivity contribution in [3.8, 4) is 16.9 Å². The van der Waals surface area contributed by atoms with Gasteiger partial charge in [0.25, 0.3) is 0 Å². The number of para-hydroxylation sites is 1. The summed E-state index contributed by atoms with van der Waals surface area (Å²) < 4.78 is 2.06. The molecule has 22 heavy (non-hydrogen) atoms. The Kier molecular flexibility index (Phi) is 3.00. The van der Waals surface area contributed by atoms with Crippen LogP contribution >= 0.6 is 0 Å². The summed E-state index contributed by atoms with van der Waals surface area (Å²) in [5.41, 5.74) is 7.28. The van der Waals surface area contributed by atoms with E-state index in [2.05, 4.69) is 72.4 Å². The fourth-order valence-corrected chi connectivity index (χ4v) is 3.17. The molecule has 3 nitrogen and oxygen atoms in total. The predicted octanol–water partition coefficient (Wildman–Crippen LogP) is 4.12. The molecule has 0 radical (unpaired) electrons. The van der Waals surface area contributed by atoms with Gasteiger partial charge < -0.3 is 5.32 Å². The van der Waals surface area contributed by atoms with Crippen molar-refractivity contribution in [1.29, 1.82) is 0 Å². The molecule has 110 valence electrons. The number of benzene rings is 2. The first-order valence-corrected chi connectivity index (χ1v) is 7.73. The first kappa shape index (κ1) is 13.1. The maximum Gasteiger partial charge on any atom is 0.133 e. The van der Waals surface area contributed by atoms with Crippen molar-refractivity contribution in [2.75, 3.05) is 11.9 Å². The van der Waals surface area contributed by atoms with Gasteiger partial charge in [0.15, 0.2) is 0 Å². The molecule has 0 saturated heterocycles. The second-order valence-electron chi connectivity index (χ2n) is 5.92. The first-order valence-electron chi connectivity index (χ1n) is 7.73. The number of nitrogens with one attached hydrogen (secondary N) is 1. The van der Waals surface area contributed by atoms with Crippen molar-refractivity contribution in [2.24, 2.45) is 0 Å². The number of hydrogen-bond acceptors (Lipinski definition) is 2. The smallest absolute Gasteiger partial charge is 0.133 e. The molecule has 4 rings (SSSR count). The fourth-order valence-electron chi connectivity index (χ4n) is 3.17. The quantitative estimate of drug-likeness (QED) is 0.769. The Balaban J connectivity index is 1.93. The SMILES string of the molecule is Cc1cccc(-c2nn(-c3ccccc3C)c3c2CCN3)c1. The first-order chi connectivity index (χ1) is 10.7. The van der Waals surface area contributed by atoms with E-state index in [4.69, 9.17) is 5.10 Å². The number of rotatable bonds is 2. The average Bonchev–Trinajstić information content (AvgIpc) is 3.10. The van der Waals surface area contributed by atoms with Gasteiger partial charge in [0.1, 0.15) is 5.82 Å². The summed E-state index contributed by atoms with van der Waals surface area (Å²) in [4.78, 5) is 0. The Bertz CT molecular complexity index is 846. The highest BCUT2D eigenvalue weighted by Gasteiger charge is 2.24. The highest BCUT2D eigenvalue weighted by molar-refractivity contribution is 5.73. The number of nitrogens with zero attached hydrogens (tertiary/aromatic N) is 2. The standard InChI is InChI=1S/C19H19N3/c1-13-6-5-8-15(12-13)18-16-10-11-20-19(16)22(21-18)17-9-4-3-7-14(17)2/h3-9,12,20H,10-11H2,1-2H3. The number of anilines is 1. The predicted molar refractivity (Wildman–Crippen MR) is 90.7 cm³/mol. The zero-order valence-corrected chi connectivity index (χ0v) is 12.9. The van der Waals surface area contributed by atoms with E-state index in [-0.39, 0.29) is 0 Å². The van der Waals surface area contributed by atoms with E-state index >= 15 is 0 Å². The zero-order chi connectivity index (χ0) is 15.1. The molecule has 0 unspecified atom stereocenters. The normalized spacial score (nSPS) is 13.0. The summed E-state index contributed by atoms with van der Waals surface area (Å²) in [5, 5.41) is 8.43. The molecule has 1 N–H and O–H groups in total. The molecular weight excluding hydrogens is 270 g/mol. The summed E-state index contributed by atoms with van der Waals surface area (Å²) in [6.45, 7) is 5.24. The van der Waals surface area contributed by atoms with Crippen LogP contribution in [0, 0.1) is 13.8 Å². The molecule has 0 fully saturated rings. The van der Waals surface area contributed by atoms with Gasteiger partial charge in [-0.3, -0.25) is 0 Å². The second-order valence-corrected chi connectivity index (χ2v) is 5.92. The van der Waals surface area contributed by atoms with Gasteiger partial charge in [-0.15, -0.1) is 0 Å². The molecule has 1 aromatic heterocycles. The molecule has 3 heteroatoms. The van der Waals surface area contributed by atoms with Gasteiger partial charge >= 0.3 is 0 Å². The van der Waals surface area contributed by atoms with E-state index < -0.39 is 0 Å². The highest BCUT2D eigenvalue weighted by Crippen LogP contribution is 2.35. The molecule has 3 aromatic rings. The van der Waals surface area contributed by atoms with Crippen LogP contribution in [0.25, 0.3) is 16.9 Å². The minimum Gasteiger partial charge on any atom is -0.369 e. The van der Waals surface area contributed by atoms with Crippen molar-refractivity contribution >= 4 is 5.82 Å². The highest BCUT2D eigenvalue weighted by atomic mass is 15.3. The maximum absolute atomic E-state index is 4.93. The van der Waals surface area contributed by atoms with Crippen molar-refractivity contribution in [1.82, 2.24) is 9.78 Å². The topological polar surface area (TPSA) is 29.9 Å². The molecule has 0 aliphatic carbocycles. The third-order valence-corrected chi connectivity index (χ3v) is 4.29. The largest absolute Gasteiger partial charge is 0.369 e. The minimum absolute atomic E-state index is 0.984. The van der Waals surface area contributed by atoms with Crippen LogP contribution in [0.2, 0.25) is 0 Å². The third-order valence-electron chi connectivity index (χ3n) is 4.29. The molecule has 0 atom stereocenters. The van der Waals surface area contributed by atoms with Gasteiger partial charge in [-0.1, -0.05) is 42.0 Å². The van der Waals surface area contributed by atoms with Crippen LogP contribution in [0.5, 0.6) is 0 Å². The van der Waals surface area contributed by atoms with Crippen molar-refractivity contribution < 1.29 is 0 Å². The lowest BCUT2D eigenvalue weighted by molar-refractivity contribution is 0.875. The average molecular weight is 289 g/mol. The Morgan fingerprint density at radius 3 is 2.73 bits per heavy atom. The van der Waals surface area contributed by atoms with Crippen LogP contribution in [-0.2, 0) is 6.42 Å². The number of aryl methyl sites for hydroxylation is 2. The number of hydrogen-bond donors (Lipinski definition) is 1. The second kappa shape index (κ2) is 5.02. The third kappa shape index (κ3) is 2.01. The van der Waals surface area contributed by atoms with E-state index in [1.165, 1.54) is 22.3 Å². The van der Waals surface area contributed by atoms with Crippen molar-refractivity contribution in [2.45, 2.75) is 20.3 Å². The fraction of sp³-hybridized carbons (Fsp3) is 0.211. The van der Waals surface area contributed by atoms with Crippen LogP contribution in [0.3, 0.4) is 0 Å². The Morgan fingerprint density at radius 2 is 1.91 bits per heavy atom. The minimum atomic E-state index is 0.984. The van der Waals surface area contributed by atoms with Crippen LogP contribution in [0.1, 0.15) is 16.7 Å². The molecule has 0 spiro atoms. The molecule has 1 aliphatic rings. The molecular formula is C19H19N3. The van der Waals surface area contributed by atoms with Gasteiger partial charge in [0.2, 0.25) is 0 Å². The maximum atomic E-state index is 4.93. The van der Waals surface area contributed by atoms with E-state index in [1.54, 1.807) is 0 Å². The zero-order valence-electron chi connectivity index (χ0n) is 12.9. The molecule has 0 amide bonds. The Hall–Kier alpha value is -2.55. The molecule has 0 bridgehead atoms. The monoisotopic (exact) mass is 289 g/mol. The van der Waals surface area contributed by atoms with Crippen molar-refractivity contribution in [3.05, 3.63) is 65.2 Å². The number of aromatic nitrogens is 2. The van der Waals surface area contributed by atoms with E-state index in [9.17, 15) is 0 Å². The Labute approximate surface area is 130 Å². The lowest BCUT2D eigenvalue weighted by Crippen LogP contribution is -2.05. The summed E-state index contributed by atoms with van der Waals surface area (Å²) in [5.74, 6) is 1.14.